The Morgan fingerprint density at radius 1 is 1.18 bits per heavy atom. The van der Waals surface area contributed by atoms with Gasteiger partial charge in [0.15, 0.2) is 5.76 Å². The molecular formula is C15H16FN3O3. The van der Waals surface area contributed by atoms with Crippen molar-refractivity contribution in [3.8, 4) is 0 Å². The van der Waals surface area contributed by atoms with Gasteiger partial charge < -0.3 is 4.42 Å². The van der Waals surface area contributed by atoms with Gasteiger partial charge in [-0.05, 0) is 36.9 Å². The molecule has 0 unspecified atom stereocenters. The molecule has 6 nitrogen and oxygen atoms in total. The standard InChI is InChI=1S/C15H16FN3O3/c1-19(9-11-4-6-12(16)7-5-11)10-14(20)17-18-15(21)13-3-2-8-22-13/h2-8H,9-10H2,1H3,(H,17,20)(H,18,21). The first kappa shape index (κ1) is 15.7. The van der Waals surface area contributed by atoms with Gasteiger partial charge in [0.05, 0.1) is 12.8 Å². The summed E-state index contributed by atoms with van der Waals surface area (Å²) in [6.45, 7) is 0.565. The quantitative estimate of drug-likeness (QED) is 0.817. The van der Waals surface area contributed by atoms with E-state index in [1.54, 1.807) is 30.1 Å². The largest absolute Gasteiger partial charge is 0.459 e. The first-order valence-electron chi connectivity index (χ1n) is 6.60. The van der Waals surface area contributed by atoms with Crippen LogP contribution in [0.1, 0.15) is 16.1 Å². The van der Waals surface area contributed by atoms with Crippen molar-refractivity contribution in [1.29, 1.82) is 0 Å². The van der Waals surface area contributed by atoms with Gasteiger partial charge in [0.25, 0.3) is 5.91 Å². The van der Waals surface area contributed by atoms with Crippen molar-refractivity contribution >= 4 is 11.8 Å². The molecule has 2 amide bonds. The fourth-order valence-corrected chi connectivity index (χ4v) is 1.84. The van der Waals surface area contributed by atoms with Gasteiger partial charge in [-0.3, -0.25) is 25.3 Å². The first-order valence-corrected chi connectivity index (χ1v) is 6.60. The van der Waals surface area contributed by atoms with Crippen molar-refractivity contribution in [2.24, 2.45) is 0 Å². The first-order chi connectivity index (χ1) is 10.5. The zero-order valence-corrected chi connectivity index (χ0v) is 12.0. The maximum Gasteiger partial charge on any atom is 0.305 e. The molecule has 0 saturated carbocycles. The molecule has 2 rings (SSSR count). The lowest BCUT2D eigenvalue weighted by Crippen LogP contribution is -2.45. The Morgan fingerprint density at radius 3 is 2.55 bits per heavy atom. The van der Waals surface area contributed by atoms with Gasteiger partial charge in [0, 0.05) is 6.54 Å². The van der Waals surface area contributed by atoms with Crippen LogP contribution in [0.4, 0.5) is 4.39 Å². The number of halogens is 1. The lowest BCUT2D eigenvalue weighted by Gasteiger charge is -2.16. The van der Waals surface area contributed by atoms with E-state index in [4.69, 9.17) is 4.42 Å². The highest BCUT2D eigenvalue weighted by molar-refractivity contribution is 5.93. The number of carbonyl (C=O) groups excluding carboxylic acids is 2. The molecule has 0 aliphatic heterocycles. The highest BCUT2D eigenvalue weighted by Crippen LogP contribution is 2.05. The Bertz CT molecular complexity index is 626. The third kappa shape index (κ3) is 4.71. The van der Waals surface area contributed by atoms with E-state index >= 15 is 0 Å². The van der Waals surface area contributed by atoms with Crippen LogP contribution in [-0.2, 0) is 11.3 Å². The smallest absolute Gasteiger partial charge is 0.305 e. The third-order valence-electron chi connectivity index (χ3n) is 2.84. The molecule has 7 heteroatoms. The fraction of sp³-hybridized carbons (Fsp3) is 0.200. The number of hydrazine groups is 1. The van der Waals surface area contributed by atoms with Crippen molar-refractivity contribution in [2.45, 2.75) is 6.54 Å². The number of nitrogens with one attached hydrogen (secondary N) is 2. The Kier molecular flexibility index (Phi) is 5.26. The van der Waals surface area contributed by atoms with Gasteiger partial charge in [-0.1, -0.05) is 12.1 Å². The molecule has 0 atom stereocenters. The van der Waals surface area contributed by atoms with Gasteiger partial charge in [-0.15, -0.1) is 0 Å². The molecular weight excluding hydrogens is 289 g/mol. The monoisotopic (exact) mass is 305 g/mol. The molecule has 22 heavy (non-hydrogen) atoms. The van der Waals surface area contributed by atoms with Crippen LogP contribution in [0.25, 0.3) is 0 Å². The molecule has 116 valence electrons. The Hall–Kier alpha value is -2.67. The minimum absolute atomic E-state index is 0.0792. The van der Waals surface area contributed by atoms with E-state index in [1.165, 1.54) is 24.5 Å². The molecule has 1 aromatic carbocycles. The second-order valence-corrected chi connectivity index (χ2v) is 4.78. The summed E-state index contributed by atoms with van der Waals surface area (Å²) in [6, 6.07) is 9.11. The van der Waals surface area contributed by atoms with E-state index in [0.717, 1.165) is 5.56 Å². The van der Waals surface area contributed by atoms with Crippen molar-refractivity contribution in [3.63, 3.8) is 0 Å². The molecule has 1 heterocycles. The van der Waals surface area contributed by atoms with Crippen LogP contribution in [-0.4, -0.2) is 30.3 Å². The summed E-state index contributed by atoms with van der Waals surface area (Å²) in [5.74, 6) is -1.09. The zero-order chi connectivity index (χ0) is 15.9. The molecule has 2 N–H and O–H groups in total. The predicted molar refractivity (Wildman–Crippen MR) is 77.1 cm³/mol. The van der Waals surface area contributed by atoms with Crippen LogP contribution in [0.5, 0.6) is 0 Å². The Labute approximate surface area is 126 Å². The number of benzene rings is 1. The zero-order valence-electron chi connectivity index (χ0n) is 12.0. The molecule has 0 bridgehead atoms. The average Bonchev–Trinajstić information content (AvgIpc) is 3.01. The van der Waals surface area contributed by atoms with Gasteiger partial charge in [-0.2, -0.15) is 0 Å². The molecule has 0 spiro atoms. The number of amides is 2. The molecule has 2 aromatic rings. The van der Waals surface area contributed by atoms with Crippen molar-refractivity contribution in [3.05, 3.63) is 59.8 Å². The molecule has 0 saturated heterocycles. The van der Waals surface area contributed by atoms with Gasteiger partial charge in [-0.25, -0.2) is 4.39 Å². The summed E-state index contributed by atoms with van der Waals surface area (Å²) in [5.41, 5.74) is 5.43. The van der Waals surface area contributed by atoms with Crippen LogP contribution in [0, 0.1) is 5.82 Å². The summed E-state index contributed by atoms with van der Waals surface area (Å²) in [4.78, 5) is 25.0. The molecule has 0 radical (unpaired) electrons. The highest BCUT2D eigenvalue weighted by atomic mass is 19.1. The Balaban J connectivity index is 1.74. The second kappa shape index (κ2) is 7.37. The molecule has 1 aromatic heterocycles. The number of nitrogens with zero attached hydrogens (tertiary/aromatic N) is 1. The van der Waals surface area contributed by atoms with Crippen molar-refractivity contribution < 1.29 is 18.4 Å². The third-order valence-corrected chi connectivity index (χ3v) is 2.84. The molecule has 0 fully saturated rings. The topological polar surface area (TPSA) is 74.6 Å². The van der Waals surface area contributed by atoms with Crippen LogP contribution in [0.2, 0.25) is 0 Å². The van der Waals surface area contributed by atoms with Crippen LogP contribution < -0.4 is 10.9 Å². The normalized spacial score (nSPS) is 10.5. The summed E-state index contributed by atoms with van der Waals surface area (Å²) in [6.07, 6.45) is 1.37. The van der Waals surface area contributed by atoms with Crippen LogP contribution >= 0.6 is 0 Å². The van der Waals surface area contributed by atoms with E-state index in [0.29, 0.717) is 6.54 Å². The number of hydrogen-bond acceptors (Lipinski definition) is 4. The molecule has 0 aliphatic rings. The minimum Gasteiger partial charge on any atom is -0.459 e. The van der Waals surface area contributed by atoms with E-state index < -0.39 is 5.91 Å². The average molecular weight is 305 g/mol. The van der Waals surface area contributed by atoms with Crippen LogP contribution in [0.15, 0.2) is 47.1 Å². The summed E-state index contributed by atoms with van der Waals surface area (Å²) in [5, 5.41) is 0. The number of hydrogen-bond donors (Lipinski definition) is 2. The second-order valence-electron chi connectivity index (χ2n) is 4.78. The van der Waals surface area contributed by atoms with Crippen LogP contribution in [0.3, 0.4) is 0 Å². The van der Waals surface area contributed by atoms with E-state index in [-0.39, 0.29) is 24.0 Å². The van der Waals surface area contributed by atoms with Gasteiger partial charge in [0.1, 0.15) is 5.82 Å². The van der Waals surface area contributed by atoms with E-state index in [1.807, 2.05) is 0 Å². The lowest BCUT2D eigenvalue weighted by atomic mass is 10.2. The number of likely N-dealkylation sites (N-methyl/N-ethyl adjacent to an activating group) is 1. The minimum atomic E-state index is -0.528. The maximum absolute atomic E-state index is 12.8. The number of carbonyl (C=O) groups is 2. The predicted octanol–water partition coefficient (Wildman–Crippen LogP) is 1.31. The maximum atomic E-state index is 12.8. The Morgan fingerprint density at radius 2 is 1.91 bits per heavy atom. The SMILES string of the molecule is CN(CC(=O)NNC(=O)c1ccco1)Cc1ccc(F)cc1. The lowest BCUT2D eigenvalue weighted by molar-refractivity contribution is -0.122. The van der Waals surface area contributed by atoms with Crippen molar-refractivity contribution in [1.82, 2.24) is 15.8 Å². The van der Waals surface area contributed by atoms with Crippen molar-refractivity contribution in [2.75, 3.05) is 13.6 Å². The highest BCUT2D eigenvalue weighted by Gasteiger charge is 2.11. The number of rotatable bonds is 5. The molecule has 0 aliphatic carbocycles. The number of furan rings is 1. The summed E-state index contributed by atoms with van der Waals surface area (Å²) in [7, 11) is 1.75. The summed E-state index contributed by atoms with van der Waals surface area (Å²) >= 11 is 0. The summed E-state index contributed by atoms with van der Waals surface area (Å²) < 4.78 is 17.7. The van der Waals surface area contributed by atoms with Gasteiger partial charge in [0.2, 0.25) is 0 Å². The van der Waals surface area contributed by atoms with E-state index in [9.17, 15) is 14.0 Å². The van der Waals surface area contributed by atoms with Gasteiger partial charge >= 0.3 is 5.91 Å². The fourth-order valence-electron chi connectivity index (χ4n) is 1.84. The van der Waals surface area contributed by atoms with E-state index in [2.05, 4.69) is 10.9 Å².